The second-order valence-electron chi connectivity index (χ2n) is 8.95. The maximum atomic E-state index is 12.3. The van der Waals surface area contributed by atoms with Crippen molar-refractivity contribution in [3.05, 3.63) is 81.8 Å². The summed E-state index contributed by atoms with van der Waals surface area (Å²) in [5.41, 5.74) is 1.93. The van der Waals surface area contributed by atoms with E-state index in [2.05, 4.69) is 31.0 Å². The monoisotopic (exact) mass is 518 g/mol. The lowest BCUT2D eigenvalue weighted by atomic mass is 10.0. The fourth-order valence-electron chi connectivity index (χ4n) is 4.46. The number of carbonyl (C=O) groups is 2. The number of amides is 2. The van der Waals surface area contributed by atoms with Gasteiger partial charge in [0.1, 0.15) is 10.0 Å². The molecule has 184 valence electrons. The maximum absolute atomic E-state index is 12.3. The van der Waals surface area contributed by atoms with Gasteiger partial charge in [0.05, 0.1) is 12.8 Å². The molecule has 36 heavy (non-hydrogen) atoms. The summed E-state index contributed by atoms with van der Waals surface area (Å²) in [6.45, 7) is 0. The van der Waals surface area contributed by atoms with E-state index in [0.717, 1.165) is 46.8 Å². The van der Waals surface area contributed by atoms with Crippen molar-refractivity contribution < 1.29 is 9.59 Å². The Bertz CT molecular complexity index is 1310. The summed E-state index contributed by atoms with van der Waals surface area (Å²) >= 11 is 2.90. The van der Waals surface area contributed by atoms with Gasteiger partial charge in [-0.05, 0) is 36.3 Å². The Balaban J connectivity index is 1.09. The molecule has 2 heterocycles. The predicted octanol–water partition coefficient (Wildman–Crippen LogP) is 4.88. The van der Waals surface area contributed by atoms with E-state index in [1.165, 1.54) is 22.7 Å². The van der Waals surface area contributed by atoms with E-state index in [4.69, 9.17) is 0 Å². The summed E-state index contributed by atoms with van der Waals surface area (Å²) in [6, 6.07) is 19.3. The van der Waals surface area contributed by atoms with Gasteiger partial charge in [-0.2, -0.15) is 0 Å². The minimum Gasteiger partial charge on any atom is -0.300 e. The van der Waals surface area contributed by atoms with Crippen LogP contribution >= 0.6 is 22.7 Å². The number of nitrogens with one attached hydrogen (secondary N) is 2. The Hall–Kier alpha value is -3.50. The molecule has 0 aliphatic heterocycles. The number of benzene rings is 2. The summed E-state index contributed by atoms with van der Waals surface area (Å²) in [7, 11) is 0. The van der Waals surface area contributed by atoms with Crippen molar-refractivity contribution in [3.8, 4) is 0 Å². The lowest BCUT2D eigenvalue weighted by Crippen LogP contribution is -2.14. The summed E-state index contributed by atoms with van der Waals surface area (Å²) in [4.78, 5) is 24.6. The lowest BCUT2D eigenvalue weighted by molar-refractivity contribution is -0.116. The highest BCUT2D eigenvalue weighted by Gasteiger charge is 2.29. The minimum atomic E-state index is -0.0900. The highest BCUT2D eigenvalue weighted by molar-refractivity contribution is 7.15. The third-order valence-electron chi connectivity index (χ3n) is 6.17. The Morgan fingerprint density at radius 1 is 0.750 bits per heavy atom. The molecule has 0 bridgehead atoms. The van der Waals surface area contributed by atoms with Crippen molar-refractivity contribution in [1.29, 1.82) is 0 Å². The second kappa shape index (κ2) is 11.5. The molecule has 2 N–H and O–H groups in total. The first-order valence-corrected chi connectivity index (χ1v) is 13.6. The van der Waals surface area contributed by atoms with Crippen LogP contribution in [0.25, 0.3) is 0 Å². The van der Waals surface area contributed by atoms with Crippen LogP contribution < -0.4 is 10.6 Å². The SMILES string of the molecule is O=C(Cc1ccccc1)Nc1nnc(CC2CCC(c3nnc(NC(=O)Cc4ccccc4)s3)C2)s1. The molecule has 2 aromatic carbocycles. The van der Waals surface area contributed by atoms with E-state index in [9.17, 15) is 9.59 Å². The van der Waals surface area contributed by atoms with E-state index in [-0.39, 0.29) is 11.8 Å². The van der Waals surface area contributed by atoms with Gasteiger partial charge in [-0.1, -0.05) is 83.3 Å². The molecular weight excluding hydrogens is 492 g/mol. The molecule has 1 aliphatic carbocycles. The van der Waals surface area contributed by atoms with Crippen LogP contribution in [0, 0.1) is 5.92 Å². The first-order chi connectivity index (χ1) is 17.6. The van der Waals surface area contributed by atoms with E-state index >= 15 is 0 Å². The van der Waals surface area contributed by atoms with Gasteiger partial charge < -0.3 is 10.6 Å². The molecule has 1 fully saturated rings. The smallest absolute Gasteiger partial charge is 0.230 e. The molecule has 2 aromatic heterocycles. The number of rotatable bonds is 9. The molecule has 0 saturated heterocycles. The van der Waals surface area contributed by atoms with Gasteiger partial charge in [0, 0.05) is 12.3 Å². The number of nitrogens with zero attached hydrogens (tertiary/aromatic N) is 4. The Morgan fingerprint density at radius 3 is 1.97 bits per heavy atom. The topological polar surface area (TPSA) is 110 Å². The molecule has 1 aliphatic rings. The largest absolute Gasteiger partial charge is 0.300 e. The van der Waals surface area contributed by atoms with Crippen LogP contribution in [0.15, 0.2) is 60.7 Å². The van der Waals surface area contributed by atoms with Crippen molar-refractivity contribution in [1.82, 2.24) is 20.4 Å². The standard InChI is InChI=1S/C26H26N6O2S2/c33-21(14-17-7-3-1-4-8-17)27-25-31-29-23(35-25)16-19-11-12-20(13-19)24-30-32-26(36-24)28-22(34)15-18-9-5-2-6-10-18/h1-10,19-20H,11-16H2,(H,27,31,33)(H,28,32,34). The third kappa shape index (κ3) is 6.58. The van der Waals surface area contributed by atoms with Crippen molar-refractivity contribution in [2.45, 2.75) is 44.4 Å². The summed E-state index contributed by atoms with van der Waals surface area (Å²) in [5.74, 6) is 0.644. The van der Waals surface area contributed by atoms with Gasteiger partial charge >= 0.3 is 0 Å². The van der Waals surface area contributed by atoms with Gasteiger partial charge in [-0.15, -0.1) is 20.4 Å². The normalized spacial score (nSPS) is 17.1. The van der Waals surface area contributed by atoms with Gasteiger partial charge in [0.2, 0.25) is 22.1 Å². The van der Waals surface area contributed by atoms with Crippen LogP contribution in [-0.2, 0) is 28.9 Å². The lowest BCUT2D eigenvalue weighted by Gasteiger charge is -2.07. The average molecular weight is 519 g/mol. The quantitative estimate of drug-likeness (QED) is 0.327. The first-order valence-electron chi connectivity index (χ1n) is 11.9. The zero-order chi connectivity index (χ0) is 24.7. The minimum absolute atomic E-state index is 0.0869. The van der Waals surface area contributed by atoms with Crippen LogP contribution in [0.4, 0.5) is 10.3 Å². The fraction of sp³-hybridized carbons (Fsp3) is 0.308. The van der Waals surface area contributed by atoms with Gasteiger partial charge in [0.15, 0.2) is 0 Å². The number of hydrogen-bond acceptors (Lipinski definition) is 8. The predicted molar refractivity (Wildman–Crippen MR) is 141 cm³/mol. The Kier molecular flexibility index (Phi) is 7.73. The number of aromatic nitrogens is 4. The van der Waals surface area contributed by atoms with Crippen LogP contribution in [0.3, 0.4) is 0 Å². The summed E-state index contributed by atoms with van der Waals surface area (Å²) in [6.07, 6.45) is 4.59. The zero-order valence-corrected chi connectivity index (χ0v) is 21.2. The average Bonchev–Trinajstić information content (AvgIpc) is 3.62. The van der Waals surface area contributed by atoms with Crippen molar-refractivity contribution >= 4 is 44.8 Å². The first kappa shape index (κ1) is 24.2. The molecule has 1 saturated carbocycles. The van der Waals surface area contributed by atoms with Crippen LogP contribution in [0.5, 0.6) is 0 Å². The van der Waals surface area contributed by atoms with Gasteiger partial charge in [0.25, 0.3) is 0 Å². The molecule has 5 rings (SSSR count). The van der Waals surface area contributed by atoms with E-state index in [1.807, 2.05) is 60.7 Å². The van der Waals surface area contributed by atoms with E-state index < -0.39 is 0 Å². The highest BCUT2D eigenvalue weighted by atomic mass is 32.1. The zero-order valence-electron chi connectivity index (χ0n) is 19.6. The van der Waals surface area contributed by atoms with E-state index in [1.54, 1.807) is 0 Å². The molecule has 2 atom stereocenters. The van der Waals surface area contributed by atoms with E-state index in [0.29, 0.717) is 34.9 Å². The molecule has 4 aromatic rings. The van der Waals surface area contributed by atoms with Crippen molar-refractivity contribution in [2.75, 3.05) is 10.6 Å². The summed E-state index contributed by atoms with van der Waals surface area (Å²) in [5, 5.41) is 25.7. The molecule has 2 unspecified atom stereocenters. The van der Waals surface area contributed by atoms with Crippen LogP contribution in [0.2, 0.25) is 0 Å². The highest BCUT2D eigenvalue weighted by Crippen LogP contribution is 2.41. The number of anilines is 2. The van der Waals surface area contributed by atoms with Crippen LogP contribution in [-0.4, -0.2) is 32.2 Å². The molecule has 10 heteroatoms. The van der Waals surface area contributed by atoms with Crippen LogP contribution in [0.1, 0.15) is 46.3 Å². The second-order valence-corrected chi connectivity index (χ2v) is 11.0. The molecule has 2 amide bonds. The van der Waals surface area contributed by atoms with Crippen molar-refractivity contribution in [3.63, 3.8) is 0 Å². The fourth-order valence-corrected chi connectivity index (χ4v) is 6.24. The van der Waals surface area contributed by atoms with Gasteiger partial charge in [-0.25, -0.2) is 0 Å². The Labute approximate surface area is 217 Å². The molecule has 0 spiro atoms. The molecule has 8 nitrogen and oxygen atoms in total. The molecule has 0 radical (unpaired) electrons. The molecular formula is C26H26N6O2S2. The number of carbonyl (C=O) groups excluding carboxylic acids is 2. The summed E-state index contributed by atoms with van der Waals surface area (Å²) < 4.78 is 0. The Morgan fingerprint density at radius 2 is 1.33 bits per heavy atom. The van der Waals surface area contributed by atoms with Crippen molar-refractivity contribution in [2.24, 2.45) is 5.92 Å². The number of hydrogen-bond donors (Lipinski definition) is 2. The maximum Gasteiger partial charge on any atom is 0.230 e. The van der Waals surface area contributed by atoms with Gasteiger partial charge in [-0.3, -0.25) is 9.59 Å². The third-order valence-corrected chi connectivity index (χ3v) is 8.03.